The molecule has 0 bridgehead atoms. The van der Waals surface area contributed by atoms with E-state index in [1.807, 2.05) is 0 Å². The van der Waals surface area contributed by atoms with E-state index >= 15 is 0 Å². The van der Waals surface area contributed by atoms with E-state index in [0.29, 0.717) is 12.2 Å². The van der Waals surface area contributed by atoms with Crippen LogP contribution in [0.1, 0.15) is 44.4 Å². The molecule has 14 heteroatoms. The SMILES string of the molecule is CC(=O)c1csc(Cn2ncc([NH-])n2)n1.Cc1nc(C(=O)O)c(-c2cccc(C(F)(F)F)c2)o1. The van der Waals surface area contributed by atoms with E-state index in [2.05, 4.69) is 20.2 Å². The van der Waals surface area contributed by atoms with Gasteiger partial charge in [-0.1, -0.05) is 12.1 Å². The number of ketones is 1. The molecule has 10 nitrogen and oxygen atoms in total. The van der Waals surface area contributed by atoms with Gasteiger partial charge in [-0.25, -0.2) is 14.8 Å². The summed E-state index contributed by atoms with van der Waals surface area (Å²) in [5, 5.41) is 19.1. The average molecular weight is 493 g/mol. The standard InChI is InChI=1S/C12H8F3NO3.C8H8N5OS/c1-6-16-9(11(17)18)10(19-6)7-3-2-4-8(5-7)12(13,14)15;1-5(14)6-4-15-8(11-6)3-13-10-2-7(9)12-13/h2-5H,1H3,(H,17,18);2,4H,3H2,1H3,(H-,9,12)/q;-1. The molecule has 0 amide bonds. The van der Waals surface area contributed by atoms with Crippen LogP contribution in [0, 0.1) is 6.92 Å². The summed E-state index contributed by atoms with van der Waals surface area (Å²) in [7, 11) is 0. The number of carboxylic acid groups (broad SMARTS) is 1. The highest BCUT2D eigenvalue weighted by Crippen LogP contribution is 2.33. The third kappa shape index (κ3) is 6.04. The lowest BCUT2D eigenvalue weighted by atomic mass is 10.1. The van der Waals surface area contributed by atoms with E-state index in [9.17, 15) is 22.8 Å². The monoisotopic (exact) mass is 493 g/mol. The summed E-state index contributed by atoms with van der Waals surface area (Å²) in [5.74, 6) is -1.39. The van der Waals surface area contributed by atoms with E-state index in [1.54, 1.807) is 5.38 Å². The molecule has 0 spiro atoms. The molecular weight excluding hydrogens is 477 g/mol. The molecule has 0 radical (unpaired) electrons. The molecule has 4 rings (SSSR count). The molecule has 3 aromatic heterocycles. The van der Waals surface area contributed by atoms with Crippen molar-refractivity contribution in [2.24, 2.45) is 0 Å². The third-order valence-corrected chi connectivity index (χ3v) is 4.95. The van der Waals surface area contributed by atoms with Crippen LogP contribution in [-0.4, -0.2) is 41.8 Å². The number of hydrogen-bond donors (Lipinski definition) is 1. The zero-order chi connectivity index (χ0) is 25.0. The molecule has 178 valence electrons. The molecule has 0 aliphatic heterocycles. The first-order chi connectivity index (χ1) is 15.9. The maximum absolute atomic E-state index is 12.6. The number of aromatic carboxylic acids is 1. The fraction of sp³-hybridized carbons (Fsp3) is 0.200. The van der Waals surface area contributed by atoms with Gasteiger partial charge in [0.05, 0.1) is 12.1 Å². The molecule has 0 unspecified atom stereocenters. The summed E-state index contributed by atoms with van der Waals surface area (Å²) in [6.07, 6.45) is -3.14. The fourth-order valence-electron chi connectivity index (χ4n) is 2.64. The van der Waals surface area contributed by atoms with Crippen LogP contribution in [0.2, 0.25) is 0 Å². The molecule has 0 saturated heterocycles. The van der Waals surface area contributed by atoms with Crippen molar-refractivity contribution in [3.63, 3.8) is 0 Å². The van der Waals surface area contributed by atoms with Gasteiger partial charge in [0.1, 0.15) is 10.7 Å². The number of aromatic nitrogens is 5. The van der Waals surface area contributed by atoms with Gasteiger partial charge in [0, 0.05) is 31.0 Å². The normalized spacial score (nSPS) is 11.1. The zero-order valence-corrected chi connectivity index (χ0v) is 18.4. The first-order valence-electron chi connectivity index (χ1n) is 9.39. The highest BCUT2D eigenvalue weighted by molar-refractivity contribution is 7.09. The number of thiazole rings is 1. The van der Waals surface area contributed by atoms with Crippen LogP contribution in [-0.2, 0) is 12.7 Å². The predicted molar refractivity (Wildman–Crippen MR) is 114 cm³/mol. The number of Topliss-reactive ketones (excluding diaryl/α,β-unsaturated/α-hetero) is 1. The van der Waals surface area contributed by atoms with Gasteiger partial charge < -0.3 is 20.4 Å². The Bertz CT molecular complexity index is 1330. The number of benzene rings is 1. The van der Waals surface area contributed by atoms with E-state index in [1.165, 1.54) is 48.3 Å². The van der Waals surface area contributed by atoms with Crippen LogP contribution >= 0.6 is 11.3 Å². The van der Waals surface area contributed by atoms with Gasteiger partial charge in [0.15, 0.2) is 23.1 Å². The Morgan fingerprint density at radius 2 is 2.00 bits per heavy atom. The van der Waals surface area contributed by atoms with Crippen molar-refractivity contribution in [1.29, 1.82) is 0 Å². The Morgan fingerprint density at radius 1 is 1.26 bits per heavy atom. The minimum atomic E-state index is -4.51. The van der Waals surface area contributed by atoms with Crippen LogP contribution in [0.5, 0.6) is 0 Å². The van der Waals surface area contributed by atoms with E-state index in [0.717, 1.165) is 17.1 Å². The van der Waals surface area contributed by atoms with Crippen LogP contribution in [0.25, 0.3) is 17.1 Å². The summed E-state index contributed by atoms with van der Waals surface area (Å²) in [6, 6.07) is 4.24. The van der Waals surface area contributed by atoms with Gasteiger partial charge in [0.2, 0.25) is 0 Å². The van der Waals surface area contributed by atoms with Crippen molar-refractivity contribution in [3.8, 4) is 11.3 Å². The quantitative estimate of drug-likeness (QED) is 0.380. The van der Waals surface area contributed by atoms with E-state index in [-0.39, 0.29) is 28.8 Å². The Labute approximate surface area is 193 Å². The molecule has 2 N–H and O–H groups in total. The first kappa shape index (κ1) is 24.6. The molecule has 1 aromatic carbocycles. The van der Waals surface area contributed by atoms with Crippen molar-refractivity contribution in [2.45, 2.75) is 26.6 Å². The van der Waals surface area contributed by atoms with Crippen molar-refractivity contribution in [2.75, 3.05) is 0 Å². The van der Waals surface area contributed by atoms with Gasteiger partial charge in [-0.3, -0.25) is 9.59 Å². The molecule has 0 aliphatic carbocycles. The second kappa shape index (κ2) is 9.82. The van der Waals surface area contributed by atoms with Gasteiger partial charge in [-0.2, -0.15) is 18.3 Å². The van der Waals surface area contributed by atoms with Crippen molar-refractivity contribution < 1.29 is 32.3 Å². The Morgan fingerprint density at radius 3 is 2.56 bits per heavy atom. The summed E-state index contributed by atoms with van der Waals surface area (Å²) in [5.41, 5.74) is 6.39. The minimum Gasteiger partial charge on any atom is -0.480 e. The lowest BCUT2D eigenvalue weighted by Gasteiger charge is -2.07. The number of carboxylic acids is 1. The van der Waals surface area contributed by atoms with E-state index < -0.39 is 23.4 Å². The van der Waals surface area contributed by atoms with Crippen LogP contribution < -0.4 is 0 Å². The smallest absolute Gasteiger partial charge is 0.416 e. The number of alkyl halides is 3. The second-order valence-corrected chi connectivity index (χ2v) is 7.68. The number of nitrogens with zero attached hydrogens (tertiary/aromatic N) is 5. The van der Waals surface area contributed by atoms with Crippen LogP contribution in [0.15, 0.2) is 40.3 Å². The topological polar surface area (TPSA) is 148 Å². The zero-order valence-electron chi connectivity index (χ0n) is 17.6. The average Bonchev–Trinajstić information content (AvgIpc) is 3.48. The van der Waals surface area contributed by atoms with Crippen molar-refractivity contribution in [1.82, 2.24) is 25.0 Å². The molecule has 0 saturated carbocycles. The summed E-state index contributed by atoms with van der Waals surface area (Å²) in [4.78, 5) is 31.1. The molecular formula is C20H16F3N6O4S-. The summed E-state index contributed by atoms with van der Waals surface area (Å²) >= 11 is 1.39. The molecule has 0 aliphatic rings. The molecule has 3 heterocycles. The predicted octanol–water partition coefficient (Wildman–Crippen LogP) is 5.04. The number of carbonyl (C=O) groups excluding carboxylic acids is 1. The number of halogens is 3. The first-order valence-corrected chi connectivity index (χ1v) is 10.3. The van der Waals surface area contributed by atoms with E-state index in [4.69, 9.17) is 15.3 Å². The van der Waals surface area contributed by atoms with Crippen molar-refractivity contribution in [3.05, 3.63) is 69.4 Å². The lowest BCUT2D eigenvalue weighted by Crippen LogP contribution is -2.05. The molecule has 0 atom stereocenters. The van der Waals surface area contributed by atoms with Crippen molar-refractivity contribution >= 4 is 28.9 Å². The number of oxazole rings is 1. The Balaban J connectivity index is 0.000000196. The van der Waals surface area contributed by atoms with Gasteiger partial charge >= 0.3 is 12.1 Å². The Kier molecular flexibility index (Phi) is 7.10. The van der Waals surface area contributed by atoms with Gasteiger partial charge in [-0.05, 0) is 18.0 Å². The fourth-order valence-corrected chi connectivity index (χ4v) is 3.45. The number of hydrogen-bond acceptors (Lipinski definition) is 8. The summed E-state index contributed by atoms with van der Waals surface area (Å²) in [6.45, 7) is 3.30. The Hall–Kier alpha value is -4.07. The molecule has 4 aromatic rings. The van der Waals surface area contributed by atoms with Gasteiger partial charge in [-0.15, -0.1) is 11.3 Å². The van der Waals surface area contributed by atoms with Crippen LogP contribution in [0.3, 0.4) is 0 Å². The molecule has 0 fully saturated rings. The molecule has 34 heavy (non-hydrogen) atoms. The maximum atomic E-state index is 12.6. The largest absolute Gasteiger partial charge is 0.480 e. The highest BCUT2D eigenvalue weighted by Gasteiger charge is 2.31. The van der Waals surface area contributed by atoms with Crippen LogP contribution in [0.4, 0.5) is 19.0 Å². The summed E-state index contributed by atoms with van der Waals surface area (Å²) < 4.78 is 42.8. The lowest BCUT2D eigenvalue weighted by molar-refractivity contribution is -0.137. The number of aryl methyl sites for hydroxylation is 1. The highest BCUT2D eigenvalue weighted by atomic mass is 32.1. The maximum Gasteiger partial charge on any atom is 0.416 e. The van der Waals surface area contributed by atoms with Gasteiger partial charge in [0.25, 0.3) is 0 Å². The third-order valence-electron chi connectivity index (χ3n) is 4.11. The minimum absolute atomic E-state index is 0.0211. The second-order valence-electron chi connectivity index (χ2n) is 6.74. The number of rotatable bonds is 5. The number of carbonyl (C=O) groups is 2. The number of nitrogens with one attached hydrogen (secondary N) is 1.